The number of nitrogens with zero attached hydrogens (tertiary/aromatic N) is 2. The van der Waals surface area contributed by atoms with Gasteiger partial charge in [-0.2, -0.15) is 0 Å². The lowest BCUT2D eigenvalue weighted by atomic mass is 10.1. The molecule has 1 saturated heterocycles. The fourth-order valence-electron chi connectivity index (χ4n) is 2.14. The lowest BCUT2D eigenvalue weighted by molar-refractivity contribution is 0.0600. The van der Waals surface area contributed by atoms with Crippen molar-refractivity contribution in [2.24, 2.45) is 0 Å². The van der Waals surface area contributed by atoms with Gasteiger partial charge in [-0.25, -0.2) is 14.8 Å². The normalized spacial score (nSPS) is 20.1. The summed E-state index contributed by atoms with van der Waals surface area (Å²) in [5, 5.41) is 3.23. The summed E-state index contributed by atoms with van der Waals surface area (Å²) in [6, 6.07) is 0.0835. The van der Waals surface area contributed by atoms with Crippen molar-refractivity contribution in [2.45, 2.75) is 38.8 Å². The van der Waals surface area contributed by atoms with Crippen LogP contribution in [0.25, 0.3) is 0 Å². The highest BCUT2D eigenvalue weighted by Crippen LogP contribution is 2.20. The highest BCUT2D eigenvalue weighted by molar-refractivity contribution is 5.94. The summed E-state index contributed by atoms with van der Waals surface area (Å²) < 4.78 is 10.4. The molecular formula is C13H19N3O3. The van der Waals surface area contributed by atoms with Crippen LogP contribution in [0.1, 0.15) is 35.9 Å². The molecule has 1 N–H and O–H groups in total. The van der Waals surface area contributed by atoms with Gasteiger partial charge >= 0.3 is 5.97 Å². The zero-order valence-corrected chi connectivity index (χ0v) is 11.5. The van der Waals surface area contributed by atoms with Gasteiger partial charge in [0, 0.05) is 12.8 Å². The van der Waals surface area contributed by atoms with E-state index in [2.05, 4.69) is 15.3 Å². The van der Waals surface area contributed by atoms with Gasteiger partial charge < -0.3 is 14.8 Å². The van der Waals surface area contributed by atoms with E-state index in [1.165, 1.54) is 13.3 Å². The molecular weight excluding hydrogens is 246 g/mol. The second-order valence-electron chi connectivity index (χ2n) is 4.66. The number of carbonyl (C=O) groups is 1. The SMILES string of the molecule is COC(=O)c1cnc(C)nc1NC(C)C1CCCO1. The Hall–Kier alpha value is -1.69. The van der Waals surface area contributed by atoms with Crippen molar-refractivity contribution in [3.63, 3.8) is 0 Å². The largest absolute Gasteiger partial charge is 0.465 e. The van der Waals surface area contributed by atoms with Crippen LogP contribution in [0.2, 0.25) is 0 Å². The molecule has 0 aromatic carbocycles. The molecule has 1 aliphatic rings. The molecule has 1 aromatic heterocycles. The summed E-state index contributed by atoms with van der Waals surface area (Å²) >= 11 is 0. The molecule has 1 aliphatic heterocycles. The average Bonchev–Trinajstić information content (AvgIpc) is 2.92. The third-order valence-electron chi connectivity index (χ3n) is 3.20. The average molecular weight is 265 g/mol. The van der Waals surface area contributed by atoms with Gasteiger partial charge in [0.15, 0.2) is 0 Å². The summed E-state index contributed by atoms with van der Waals surface area (Å²) in [7, 11) is 1.34. The van der Waals surface area contributed by atoms with Gasteiger partial charge in [0.25, 0.3) is 0 Å². The Morgan fingerprint density at radius 3 is 3.05 bits per heavy atom. The van der Waals surface area contributed by atoms with Crippen molar-refractivity contribution in [1.82, 2.24) is 9.97 Å². The molecule has 0 aliphatic carbocycles. The molecule has 19 heavy (non-hydrogen) atoms. The molecule has 6 nitrogen and oxygen atoms in total. The first-order valence-electron chi connectivity index (χ1n) is 6.42. The van der Waals surface area contributed by atoms with Gasteiger partial charge in [-0.3, -0.25) is 0 Å². The van der Waals surface area contributed by atoms with E-state index in [0.29, 0.717) is 17.2 Å². The molecule has 1 fully saturated rings. The number of carbonyl (C=O) groups excluding carboxylic acids is 1. The Balaban J connectivity index is 2.17. The molecule has 104 valence electrons. The summed E-state index contributed by atoms with van der Waals surface area (Å²) in [5.74, 6) is 0.666. The van der Waals surface area contributed by atoms with Crippen LogP contribution in [-0.4, -0.2) is 41.8 Å². The van der Waals surface area contributed by atoms with Crippen LogP contribution in [0, 0.1) is 6.92 Å². The van der Waals surface area contributed by atoms with Crippen molar-refractivity contribution in [3.8, 4) is 0 Å². The van der Waals surface area contributed by atoms with Crippen molar-refractivity contribution >= 4 is 11.8 Å². The van der Waals surface area contributed by atoms with E-state index < -0.39 is 5.97 Å². The van der Waals surface area contributed by atoms with Gasteiger partial charge in [0.1, 0.15) is 17.2 Å². The van der Waals surface area contributed by atoms with Gasteiger partial charge in [0.2, 0.25) is 0 Å². The van der Waals surface area contributed by atoms with Crippen molar-refractivity contribution in [3.05, 3.63) is 17.6 Å². The number of methoxy groups -OCH3 is 1. The molecule has 6 heteroatoms. The van der Waals surface area contributed by atoms with Crippen LogP contribution in [-0.2, 0) is 9.47 Å². The Morgan fingerprint density at radius 1 is 1.63 bits per heavy atom. The summed E-state index contributed by atoms with van der Waals surface area (Å²) in [6.07, 6.45) is 3.73. The predicted octanol–water partition coefficient (Wildman–Crippen LogP) is 1.55. The molecule has 1 aromatic rings. The third kappa shape index (κ3) is 3.20. The molecule has 0 saturated carbocycles. The molecule has 2 rings (SSSR count). The first kappa shape index (κ1) is 13.7. The summed E-state index contributed by atoms with van der Waals surface area (Å²) in [5.41, 5.74) is 0.345. The van der Waals surface area contributed by atoms with Gasteiger partial charge in [0.05, 0.1) is 19.3 Å². The second kappa shape index (κ2) is 5.97. The molecule has 2 heterocycles. The van der Waals surface area contributed by atoms with Crippen LogP contribution < -0.4 is 5.32 Å². The molecule has 2 unspecified atom stereocenters. The van der Waals surface area contributed by atoms with Crippen LogP contribution in [0.5, 0.6) is 0 Å². The maximum Gasteiger partial charge on any atom is 0.343 e. The lowest BCUT2D eigenvalue weighted by Crippen LogP contribution is -2.31. The summed E-state index contributed by atoms with van der Waals surface area (Å²) in [4.78, 5) is 20.0. The quantitative estimate of drug-likeness (QED) is 0.833. The molecule has 2 atom stereocenters. The van der Waals surface area contributed by atoms with Crippen LogP contribution in [0.4, 0.5) is 5.82 Å². The maximum absolute atomic E-state index is 11.7. The maximum atomic E-state index is 11.7. The number of nitrogens with one attached hydrogen (secondary N) is 1. The Bertz CT molecular complexity index is 458. The van der Waals surface area contributed by atoms with Crippen LogP contribution in [0.3, 0.4) is 0 Å². The van der Waals surface area contributed by atoms with Crippen LogP contribution in [0.15, 0.2) is 6.20 Å². The van der Waals surface area contributed by atoms with Gasteiger partial charge in [-0.15, -0.1) is 0 Å². The Kier molecular flexibility index (Phi) is 4.31. The highest BCUT2D eigenvalue weighted by atomic mass is 16.5. The van der Waals surface area contributed by atoms with Crippen molar-refractivity contribution in [2.75, 3.05) is 19.0 Å². The highest BCUT2D eigenvalue weighted by Gasteiger charge is 2.24. The minimum absolute atomic E-state index is 0.0835. The molecule has 0 amide bonds. The number of hydrogen-bond acceptors (Lipinski definition) is 6. The third-order valence-corrected chi connectivity index (χ3v) is 3.20. The standard InChI is InChI=1S/C13H19N3O3/c1-8(11-5-4-6-19-11)15-12-10(13(17)18-3)7-14-9(2)16-12/h7-8,11H,4-6H2,1-3H3,(H,14,15,16). The number of anilines is 1. The topological polar surface area (TPSA) is 73.3 Å². The van der Waals surface area contributed by atoms with Gasteiger partial charge in [-0.05, 0) is 26.7 Å². The smallest absolute Gasteiger partial charge is 0.343 e. The minimum atomic E-state index is -0.443. The summed E-state index contributed by atoms with van der Waals surface area (Å²) in [6.45, 7) is 4.60. The van der Waals surface area contributed by atoms with E-state index in [9.17, 15) is 4.79 Å². The van der Waals surface area contributed by atoms with E-state index >= 15 is 0 Å². The Morgan fingerprint density at radius 2 is 2.42 bits per heavy atom. The van der Waals surface area contributed by atoms with E-state index in [1.54, 1.807) is 6.92 Å². The number of aryl methyl sites for hydroxylation is 1. The first-order chi connectivity index (χ1) is 9.11. The van der Waals surface area contributed by atoms with Crippen molar-refractivity contribution < 1.29 is 14.3 Å². The number of esters is 1. The van der Waals surface area contributed by atoms with E-state index in [0.717, 1.165) is 19.4 Å². The molecule has 0 spiro atoms. The second-order valence-corrected chi connectivity index (χ2v) is 4.66. The number of rotatable bonds is 4. The minimum Gasteiger partial charge on any atom is -0.465 e. The van der Waals surface area contributed by atoms with E-state index in [1.807, 2.05) is 6.92 Å². The molecule has 0 radical (unpaired) electrons. The number of aromatic nitrogens is 2. The molecule has 0 bridgehead atoms. The number of hydrogen-bond donors (Lipinski definition) is 1. The monoisotopic (exact) mass is 265 g/mol. The van der Waals surface area contributed by atoms with E-state index in [4.69, 9.17) is 9.47 Å². The van der Waals surface area contributed by atoms with Crippen LogP contribution >= 0.6 is 0 Å². The lowest BCUT2D eigenvalue weighted by Gasteiger charge is -2.21. The predicted molar refractivity (Wildman–Crippen MR) is 70.2 cm³/mol. The Labute approximate surface area is 112 Å². The first-order valence-corrected chi connectivity index (χ1v) is 6.42. The fraction of sp³-hybridized carbons (Fsp3) is 0.615. The zero-order chi connectivity index (χ0) is 13.8. The van der Waals surface area contributed by atoms with E-state index in [-0.39, 0.29) is 12.1 Å². The van der Waals surface area contributed by atoms with Gasteiger partial charge in [-0.1, -0.05) is 0 Å². The van der Waals surface area contributed by atoms with Crippen molar-refractivity contribution in [1.29, 1.82) is 0 Å². The fourth-order valence-corrected chi connectivity index (χ4v) is 2.14. The zero-order valence-electron chi connectivity index (χ0n) is 11.5. The number of ether oxygens (including phenoxy) is 2.